The van der Waals surface area contributed by atoms with E-state index in [2.05, 4.69) is 18.4 Å². The second-order valence-corrected chi connectivity index (χ2v) is 6.07. The van der Waals surface area contributed by atoms with Crippen molar-refractivity contribution in [2.24, 2.45) is 0 Å². The van der Waals surface area contributed by atoms with Gasteiger partial charge in [0.1, 0.15) is 5.82 Å². The molecule has 2 rings (SSSR count). The quantitative estimate of drug-likeness (QED) is 0.779. The summed E-state index contributed by atoms with van der Waals surface area (Å²) >= 11 is 0. The zero-order valence-electron chi connectivity index (χ0n) is 13.6. The fraction of sp³-hybridized carbons (Fsp3) is 0.500. The van der Waals surface area contributed by atoms with Crippen molar-refractivity contribution in [3.63, 3.8) is 0 Å². The van der Waals surface area contributed by atoms with E-state index in [9.17, 15) is 9.18 Å². The number of nitrogens with zero attached hydrogens (tertiary/aromatic N) is 2. The number of likely N-dealkylation sites (tertiary alicyclic amines) is 1. The lowest BCUT2D eigenvalue weighted by Crippen LogP contribution is -2.48. The van der Waals surface area contributed by atoms with Gasteiger partial charge in [-0.2, -0.15) is 0 Å². The van der Waals surface area contributed by atoms with E-state index in [1.54, 1.807) is 24.0 Å². The standard InChI is InChI=1S/C18H25FN2O/c1-5-11-21-17(13(2)20(4)14(3)22)9-10-18(21)15-7-6-8-16(19)12-15/h5-8,12-13,17-18H,1,9-11H2,2-4H3/t13?,17-,18+/m1/s1. The number of rotatable bonds is 5. The van der Waals surface area contributed by atoms with Gasteiger partial charge in [-0.05, 0) is 37.5 Å². The Labute approximate surface area is 132 Å². The maximum atomic E-state index is 13.5. The number of benzene rings is 1. The highest BCUT2D eigenvalue weighted by Crippen LogP contribution is 2.38. The van der Waals surface area contributed by atoms with Gasteiger partial charge in [-0.3, -0.25) is 9.69 Å². The predicted molar refractivity (Wildman–Crippen MR) is 87.0 cm³/mol. The third-order valence-corrected chi connectivity index (χ3v) is 4.80. The maximum Gasteiger partial charge on any atom is 0.219 e. The van der Waals surface area contributed by atoms with Gasteiger partial charge in [-0.1, -0.05) is 18.2 Å². The van der Waals surface area contributed by atoms with Gasteiger partial charge in [0.2, 0.25) is 5.91 Å². The van der Waals surface area contributed by atoms with E-state index in [4.69, 9.17) is 0 Å². The zero-order chi connectivity index (χ0) is 16.3. The van der Waals surface area contributed by atoms with Crippen molar-refractivity contribution in [3.8, 4) is 0 Å². The minimum absolute atomic E-state index is 0.0697. The van der Waals surface area contributed by atoms with Crippen LogP contribution in [0.4, 0.5) is 4.39 Å². The number of amides is 1. The summed E-state index contributed by atoms with van der Waals surface area (Å²) in [6, 6.07) is 7.39. The normalized spacial score (nSPS) is 23.3. The van der Waals surface area contributed by atoms with E-state index in [0.717, 1.165) is 24.9 Å². The molecular formula is C18H25FN2O. The molecule has 0 saturated carbocycles. The van der Waals surface area contributed by atoms with E-state index >= 15 is 0 Å². The van der Waals surface area contributed by atoms with E-state index in [-0.39, 0.29) is 29.8 Å². The van der Waals surface area contributed by atoms with E-state index in [1.807, 2.05) is 19.2 Å². The molecule has 0 radical (unpaired) electrons. The molecule has 0 N–H and O–H groups in total. The van der Waals surface area contributed by atoms with Crippen molar-refractivity contribution in [1.29, 1.82) is 0 Å². The third kappa shape index (κ3) is 3.38. The van der Waals surface area contributed by atoms with Gasteiger partial charge >= 0.3 is 0 Å². The summed E-state index contributed by atoms with van der Waals surface area (Å²) in [7, 11) is 1.84. The first-order valence-electron chi connectivity index (χ1n) is 7.81. The maximum absolute atomic E-state index is 13.5. The lowest BCUT2D eigenvalue weighted by molar-refractivity contribution is -0.130. The zero-order valence-corrected chi connectivity index (χ0v) is 13.6. The smallest absolute Gasteiger partial charge is 0.219 e. The lowest BCUT2D eigenvalue weighted by Gasteiger charge is -2.36. The van der Waals surface area contributed by atoms with E-state index in [1.165, 1.54) is 6.07 Å². The van der Waals surface area contributed by atoms with Crippen molar-refractivity contribution in [3.05, 3.63) is 48.3 Å². The molecule has 0 aromatic heterocycles. The number of carbonyl (C=O) groups is 1. The Morgan fingerprint density at radius 1 is 1.55 bits per heavy atom. The minimum atomic E-state index is -0.201. The van der Waals surface area contributed by atoms with Crippen molar-refractivity contribution in [2.45, 2.75) is 44.8 Å². The number of likely N-dealkylation sites (N-methyl/N-ethyl adjacent to an activating group) is 1. The van der Waals surface area contributed by atoms with Crippen LogP contribution in [0.5, 0.6) is 0 Å². The summed E-state index contributed by atoms with van der Waals surface area (Å²) in [4.78, 5) is 15.8. The molecule has 22 heavy (non-hydrogen) atoms. The average molecular weight is 304 g/mol. The predicted octanol–water partition coefficient (Wildman–Crippen LogP) is 3.38. The third-order valence-electron chi connectivity index (χ3n) is 4.80. The Morgan fingerprint density at radius 2 is 2.27 bits per heavy atom. The molecule has 1 aromatic carbocycles. The topological polar surface area (TPSA) is 23.6 Å². The van der Waals surface area contributed by atoms with Crippen molar-refractivity contribution in [1.82, 2.24) is 9.80 Å². The van der Waals surface area contributed by atoms with Gasteiger partial charge < -0.3 is 4.90 Å². The van der Waals surface area contributed by atoms with Crippen LogP contribution in [0.25, 0.3) is 0 Å². The van der Waals surface area contributed by atoms with Crippen LogP contribution < -0.4 is 0 Å². The van der Waals surface area contributed by atoms with Gasteiger partial charge in [-0.15, -0.1) is 6.58 Å². The highest BCUT2D eigenvalue weighted by Gasteiger charge is 2.38. The molecule has 0 aliphatic carbocycles. The van der Waals surface area contributed by atoms with Crippen LogP contribution in [-0.2, 0) is 4.79 Å². The first-order chi connectivity index (χ1) is 10.5. The molecule has 1 aliphatic rings. The molecule has 1 aromatic rings. The van der Waals surface area contributed by atoms with Crippen LogP contribution in [0, 0.1) is 5.82 Å². The minimum Gasteiger partial charge on any atom is -0.342 e. The average Bonchev–Trinajstić information content (AvgIpc) is 2.89. The highest BCUT2D eigenvalue weighted by molar-refractivity contribution is 5.73. The second-order valence-electron chi connectivity index (χ2n) is 6.07. The molecule has 1 saturated heterocycles. The van der Waals surface area contributed by atoms with Crippen LogP contribution >= 0.6 is 0 Å². The van der Waals surface area contributed by atoms with Crippen LogP contribution in [0.1, 0.15) is 38.3 Å². The number of carbonyl (C=O) groups excluding carboxylic acids is 1. The van der Waals surface area contributed by atoms with Gasteiger partial charge in [0, 0.05) is 38.6 Å². The summed E-state index contributed by atoms with van der Waals surface area (Å²) in [6.45, 7) is 8.26. The second kappa shape index (κ2) is 7.05. The molecule has 0 bridgehead atoms. The lowest BCUT2D eigenvalue weighted by atomic mass is 10.0. The molecule has 120 valence electrons. The summed E-state index contributed by atoms with van der Waals surface area (Å²) in [6.07, 6.45) is 3.84. The van der Waals surface area contributed by atoms with Gasteiger partial charge in [0.25, 0.3) is 0 Å². The fourth-order valence-corrected chi connectivity index (χ4v) is 3.44. The Morgan fingerprint density at radius 3 is 2.86 bits per heavy atom. The number of hydrogen-bond acceptors (Lipinski definition) is 2. The van der Waals surface area contributed by atoms with Gasteiger partial charge in [0.15, 0.2) is 0 Å². The SMILES string of the molecule is C=CCN1[C@@H](C(C)N(C)C(C)=O)CC[C@H]1c1cccc(F)c1. The summed E-state index contributed by atoms with van der Waals surface area (Å²) in [5.41, 5.74) is 1.00. The molecular weight excluding hydrogens is 279 g/mol. The van der Waals surface area contributed by atoms with E-state index < -0.39 is 0 Å². The largest absolute Gasteiger partial charge is 0.342 e. The van der Waals surface area contributed by atoms with Crippen molar-refractivity contribution >= 4 is 5.91 Å². The highest BCUT2D eigenvalue weighted by atomic mass is 19.1. The van der Waals surface area contributed by atoms with Crippen LogP contribution in [-0.4, -0.2) is 41.4 Å². The van der Waals surface area contributed by atoms with E-state index in [0.29, 0.717) is 0 Å². The molecule has 0 spiro atoms. The molecule has 4 heteroatoms. The first kappa shape index (κ1) is 16.7. The Bertz CT molecular complexity index is 546. The van der Waals surface area contributed by atoms with Crippen molar-refractivity contribution in [2.75, 3.05) is 13.6 Å². The number of hydrogen-bond donors (Lipinski definition) is 0. The fourth-order valence-electron chi connectivity index (χ4n) is 3.44. The van der Waals surface area contributed by atoms with Crippen LogP contribution in [0.2, 0.25) is 0 Å². The number of halogens is 1. The Kier molecular flexibility index (Phi) is 5.35. The van der Waals surface area contributed by atoms with Crippen molar-refractivity contribution < 1.29 is 9.18 Å². The molecule has 3 atom stereocenters. The Balaban J connectivity index is 2.24. The monoisotopic (exact) mass is 304 g/mol. The van der Waals surface area contributed by atoms with Gasteiger partial charge in [0.05, 0.1) is 0 Å². The molecule has 1 unspecified atom stereocenters. The molecule has 1 fully saturated rings. The Hall–Kier alpha value is -1.68. The van der Waals surface area contributed by atoms with Crippen LogP contribution in [0.15, 0.2) is 36.9 Å². The van der Waals surface area contributed by atoms with Crippen LogP contribution in [0.3, 0.4) is 0 Å². The van der Waals surface area contributed by atoms with Gasteiger partial charge in [-0.25, -0.2) is 4.39 Å². The first-order valence-corrected chi connectivity index (χ1v) is 7.81. The summed E-state index contributed by atoms with van der Waals surface area (Å²) in [5.74, 6) is -0.131. The molecule has 3 nitrogen and oxygen atoms in total. The summed E-state index contributed by atoms with van der Waals surface area (Å²) < 4.78 is 13.5. The summed E-state index contributed by atoms with van der Waals surface area (Å²) in [5, 5.41) is 0. The molecule has 1 heterocycles. The molecule has 1 aliphatic heterocycles. The molecule has 1 amide bonds.